The van der Waals surface area contributed by atoms with Crippen LogP contribution in [-0.4, -0.2) is 22.5 Å². The molecule has 1 aromatic rings. The minimum absolute atomic E-state index is 0.281. The van der Waals surface area contributed by atoms with E-state index in [9.17, 15) is 4.79 Å². The van der Waals surface area contributed by atoms with E-state index >= 15 is 0 Å². The summed E-state index contributed by atoms with van der Waals surface area (Å²) < 4.78 is 4.69. The van der Waals surface area contributed by atoms with E-state index in [0.29, 0.717) is 12.0 Å². The molecule has 0 amide bonds. The maximum atomic E-state index is 10.4. The maximum absolute atomic E-state index is 10.4. The zero-order valence-corrected chi connectivity index (χ0v) is 6.60. The van der Waals surface area contributed by atoms with Crippen LogP contribution in [0.2, 0.25) is 0 Å². The topological polar surface area (TPSA) is 63.3 Å². The Kier molecular flexibility index (Phi) is 2.76. The lowest BCUT2D eigenvalue weighted by Gasteiger charge is -1.99. The maximum Gasteiger partial charge on any atom is 0.181 e. The normalized spacial score (nSPS) is 14.3. The summed E-state index contributed by atoms with van der Waals surface area (Å²) in [6.07, 6.45) is 3.95. The second kappa shape index (κ2) is 3.82. The molecule has 1 N–H and O–H groups in total. The molecule has 0 radical (unpaired) electrons. The first-order valence-corrected chi connectivity index (χ1v) is 3.47. The number of hydrogen-bond acceptors (Lipinski definition) is 4. The number of hydrogen-bond donors (Lipinski definition) is 1. The quantitative estimate of drug-likeness (QED) is 0.530. The van der Waals surface area contributed by atoms with Gasteiger partial charge in [-0.15, -0.1) is 0 Å². The van der Waals surface area contributed by atoms with Crippen LogP contribution in [0.3, 0.4) is 0 Å². The number of aliphatic hydroxyl groups is 1. The molecule has 0 aromatic carbocycles. The lowest BCUT2D eigenvalue weighted by atomic mass is 10.1. The Labute approximate surface area is 69.5 Å². The second-order valence-corrected chi connectivity index (χ2v) is 2.35. The summed E-state index contributed by atoms with van der Waals surface area (Å²) in [5, 5.41) is 9.05. The molecular weight excluding hydrogens is 158 g/mol. The number of carbonyl (C=O) groups excluding carboxylic acids is 1. The largest absolute Gasteiger partial charge is 0.451 e. The van der Waals surface area contributed by atoms with Gasteiger partial charge < -0.3 is 9.52 Å². The van der Waals surface area contributed by atoms with E-state index in [4.69, 9.17) is 5.11 Å². The van der Waals surface area contributed by atoms with Crippen LogP contribution < -0.4 is 0 Å². The van der Waals surface area contributed by atoms with Gasteiger partial charge in [-0.25, -0.2) is 4.98 Å². The summed E-state index contributed by atoms with van der Waals surface area (Å²) in [5.74, 6) is 0. The molecule has 1 atom stereocenters. The van der Waals surface area contributed by atoms with Crippen LogP contribution in [0, 0.1) is 0 Å². The van der Waals surface area contributed by atoms with Gasteiger partial charge >= 0.3 is 0 Å². The van der Waals surface area contributed by atoms with Crippen LogP contribution in [0.1, 0.15) is 12.6 Å². The highest BCUT2D eigenvalue weighted by Crippen LogP contribution is 2.05. The summed E-state index contributed by atoms with van der Waals surface area (Å²) >= 11 is 0. The van der Waals surface area contributed by atoms with Crippen LogP contribution in [-0.2, 0) is 4.79 Å². The van der Waals surface area contributed by atoms with Crippen molar-refractivity contribution in [3.05, 3.63) is 23.9 Å². The Morgan fingerprint density at radius 3 is 3.00 bits per heavy atom. The first-order chi connectivity index (χ1) is 5.74. The van der Waals surface area contributed by atoms with Gasteiger partial charge in [0, 0.05) is 5.57 Å². The fraction of sp³-hybridized carbons (Fsp3) is 0.250. The predicted octanol–water partition coefficient (Wildman–Crippen LogP) is 0.638. The lowest BCUT2D eigenvalue weighted by molar-refractivity contribution is -0.105. The van der Waals surface area contributed by atoms with Gasteiger partial charge in [0.2, 0.25) is 0 Å². The smallest absolute Gasteiger partial charge is 0.181 e. The van der Waals surface area contributed by atoms with Gasteiger partial charge in [-0.3, -0.25) is 4.79 Å². The first kappa shape index (κ1) is 8.67. The van der Waals surface area contributed by atoms with E-state index in [1.54, 1.807) is 0 Å². The number of aliphatic hydroxyl groups excluding tert-OH is 1. The third kappa shape index (κ3) is 2.03. The minimum atomic E-state index is -0.779. The van der Waals surface area contributed by atoms with Crippen molar-refractivity contribution in [2.75, 3.05) is 0 Å². The SMILES string of the molecule is C[C@@H](O)/C(C=O)=C\c1cocn1. The van der Waals surface area contributed by atoms with Crippen molar-refractivity contribution in [3.63, 3.8) is 0 Å². The molecule has 0 bridgehead atoms. The molecule has 0 fully saturated rings. The van der Waals surface area contributed by atoms with Crippen molar-refractivity contribution < 1.29 is 14.3 Å². The van der Waals surface area contributed by atoms with Crippen LogP contribution in [0.15, 0.2) is 22.6 Å². The minimum Gasteiger partial charge on any atom is -0.451 e. The Morgan fingerprint density at radius 1 is 1.83 bits per heavy atom. The summed E-state index contributed by atoms with van der Waals surface area (Å²) in [6.45, 7) is 1.51. The zero-order valence-electron chi connectivity index (χ0n) is 6.60. The summed E-state index contributed by atoms with van der Waals surface area (Å²) in [7, 11) is 0. The zero-order chi connectivity index (χ0) is 8.97. The molecule has 0 saturated carbocycles. The molecule has 4 nitrogen and oxygen atoms in total. The number of carbonyl (C=O) groups is 1. The molecule has 4 heteroatoms. The highest BCUT2D eigenvalue weighted by Gasteiger charge is 2.03. The Bertz CT molecular complexity index is 275. The summed E-state index contributed by atoms with van der Waals surface area (Å²) in [5.41, 5.74) is 0.807. The molecule has 0 saturated heterocycles. The third-order valence-corrected chi connectivity index (χ3v) is 1.38. The van der Waals surface area contributed by atoms with E-state index in [2.05, 4.69) is 9.40 Å². The fourth-order valence-electron chi connectivity index (χ4n) is 0.717. The molecule has 1 heterocycles. The second-order valence-electron chi connectivity index (χ2n) is 2.35. The van der Waals surface area contributed by atoms with Crippen molar-refractivity contribution in [3.8, 4) is 0 Å². The standard InChI is InChI=1S/C8H9NO3/c1-6(11)7(3-10)2-8-4-12-5-9-8/h2-6,11H,1H3/b7-2-/t6-/m1/s1. The Hall–Kier alpha value is -1.42. The first-order valence-electron chi connectivity index (χ1n) is 3.47. The van der Waals surface area contributed by atoms with Gasteiger partial charge in [0.25, 0.3) is 0 Å². The molecule has 0 aliphatic rings. The number of rotatable bonds is 3. The van der Waals surface area contributed by atoms with E-state index in [-0.39, 0.29) is 5.57 Å². The molecule has 0 aliphatic carbocycles. The van der Waals surface area contributed by atoms with Gasteiger partial charge in [-0.05, 0) is 13.0 Å². The van der Waals surface area contributed by atoms with Crippen molar-refractivity contribution in [1.29, 1.82) is 0 Å². The summed E-state index contributed by atoms with van der Waals surface area (Å²) in [6, 6.07) is 0. The molecule has 0 aliphatic heterocycles. The number of oxazole rings is 1. The van der Waals surface area contributed by atoms with Gasteiger partial charge in [0.1, 0.15) is 18.2 Å². The molecular formula is C8H9NO3. The molecule has 1 aromatic heterocycles. The molecule has 0 spiro atoms. The van der Waals surface area contributed by atoms with E-state index < -0.39 is 6.10 Å². The highest BCUT2D eigenvalue weighted by atomic mass is 16.3. The van der Waals surface area contributed by atoms with Gasteiger partial charge in [-0.1, -0.05) is 0 Å². The lowest BCUT2D eigenvalue weighted by Crippen LogP contribution is -2.05. The van der Waals surface area contributed by atoms with E-state index in [1.165, 1.54) is 25.7 Å². The number of aromatic nitrogens is 1. The van der Waals surface area contributed by atoms with E-state index in [0.717, 1.165) is 0 Å². The highest BCUT2D eigenvalue weighted by molar-refractivity contribution is 5.82. The average Bonchev–Trinajstić information content (AvgIpc) is 2.51. The third-order valence-electron chi connectivity index (χ3n) is 1.38. The Balaban J connectivity index is 2.85. The fourth-order valence-corrected chi connectivity index (χ4v) is 0.717. The molecule has 0 unspecified atom stereocenters. The molecule has 12 heavy (non-hydrogen) atoms. The van der Waals surface area contributed by atoms with Crippen LogP contribution in [0.4, 0.5) is 0 Å². The van der Waals surface area contributed by atoms with E-state index in [1.807, 2.05) is 0 Å². The number of nitrogens with zero attached hydrogens (tertiary/aromatic N) is 1. The van der Waals surface area contributed by atoms with Gasteiger partial charge in [-0.2, -0.15) is 0 Å². The van der Waals surface area contributed by atoms with Gasteiger partial charge in [0.15, 0.2) is 6.39 Å². The van der Waals surface area contributed by atoms with Crippen molar-refractivity contribution >= 4 is 12.4 Å². The van der Waals surface area contributed by atoms with Gasteiger partial charge in [0.05, 0.1) is 6.10 Å². The average molecular weight is 167 g/mol. The molecule has 1 rings (SSSR count). The van der Waals surface area contributed by atoms with Crippen molar-refractivity contribution in [2.24, 2.45) is 0 Å². The monoisotopic (exact) mass is 167 g/mol. The van der Waals surface area contributed by atoms with Crippen molar-refractivity contribution in [2.45, 2.75) is 13.0 Å². The predicted molar refractivity (Wildman–Crippen MR) is 42.2 cm³/mol. The Morgan fingerprint density at radius 2 is 2.58 bits per heavy atom. The molecule has 64 valence electrons. The van der Waals surface area contributed by atoms with Crippen molar-refractivity contribution in [1.82, 2.24) is 4.98 Å². The van der Waals surface area contributed by atoms with Crippen LogP contribution in [0.5, 0.6) is 0 Å². The number of aldehydes is 1. The summed E-state index contributed by atoms with van der Waals surface area (Å²) in [4.78, 5) is 14.2. The van der Waals surface area contributed by atoms with Crippen LogP contribution >= 0.6 is 0 Å². The van der Waals surface area contributed by atoms with Crippen LogP contribution in [0.25, 0.3) is 6.08 Å².